The van der Waals surface area contributed by atoms with Gasteiger partial charge < -0.3 is 19.7 Å². The molecule has 0 unspecified atom stereocenters. The summed E-state index contributed by atoms with van der Waals surface area (Å²) in [6.07, 6.45) is 3.56. The molecule has 2 fully saturated rings. The number of aromatic hydroxyl groups is 1. The Bertz CT molecular complexity index is 1970. The number of Topliss-reactive ketones (excluding diaryl/α,β-unsaturated/α-hetero) is 1. The van der Waals surface area contributed by atoms with Crippen molar-refractivity contribution >= 4 is 34.9 Å². The van der Waals surface area contributed by atoms with Gasteiger partial charge in [-0.2, -0.15) is 0 Å². The van der Waals surface area contributed by atoms with Gasteiger partial charge in [-0.1, -0.05) is 72.3 Å². The minimum absolute atomic E-state index is 0.0226. The monoisotopic (exact) mass is 675 g/mol. The van der Waals surface area contributed by atoms with Crippen LogP contribution in [-0.2, 0) is 29.4 Å². The number of aliphatic carboxylic acids is 1. The molecule has 10 nitrogen and oxygen atoms in total. The number of carboxylic acid groups (broad SMARTS) is 1. The van der Waals surface area contributed by atoms with Gasteiger partial charge in [-0.25, -0.2) is 0 Å². The standard InChI is InChI=1S/C40H37NO9/c1-49-24-18-30(42)35(31(19-24)50-2)36-25-15-16-26-34(39(48)41(38(26)47)17-9-14-33(44)45)28(25)20-29-37(46)27(22-10-5-3-6-11-22)21-32(43)40(29,36)23-12-7-4-8-13-23/h3-8,10-13,15,18-19,21,26,28-29,34,36,42H,9,14,16-17,20H2,1-2H3,(H,44,45)/t26-,28+,29-,34-,36+,40-/m0/s1. The number of rotatable bonds is 9. The van der Waals surface area contributed by atoms with Gasteiger partial charge >= 0.3 is 5.97 Å². The quantitative estimate of drug-likeness (QED) is 0.234. The lowest BCUT2D eigenvalue weighted by Gasteiger charge is -2.55. The van der Waals surface area contributed by atoms with Crippen LogP contribution < -0.4 is 9.47 Å². The zero-order valence-corrected chi connectivity index (χ0v) is 27.7. The Hall–Kier alpha value is -5.51. The third-order valence-electron chi connectivity index (χ3n) is 11.1. The van der Waals surface area contributed by atoms with Crippen LogP contribution in [0.2, 0.25) is 0 Å². The number of allylic oxidation sites excluding steroid dienone is 4. The molecule has 1 aliphatic heterocycles. The van der Waals surface area contributed by atoms with Gasteiger partial charge in [0, 0.05) is 48.1 Å². The maximum Gasteiger partial charge on any atom is 0.303 e. The van der Waals surface area contributed by atoms with E-state index in [0.29, 0.717) is 22.4 Å². The summed E-state index contributed by atoms with van der Waals surface area (Å²) in [5.41, 5.74) is 0.854. The van der Waals surface area contributed by atoms with Crippen molar-refractivity contribution in [3.63, 3.8) is 0 Å². The van der Waals surface area contributed by atoms with Crippen LogP contribution >= 0.6 is 0 Å². The molecule has 6 atom stereocenters. The van der Waals surface area contributed by atoms with Crippen LogP contribution in [0.15, 0.2) is 90.5 Å². The predicted molar refractivity (Wildman–Crippen MR) is 181 cm³/mol. The number of carboxylic acids is 1. The Balaban J connectivity index is 1.48. The highest BCUT2D eigenvalue weighted by Gasteiger charge is 2.66. The first kappa shape index (κ1) is 33.0. The fourth-order valence-electron chi connectivity index (χ4n) is 9.03. The number of ether oxygens (including phenoxy) is 2. The summed E-state index contributed by atoms with van der Waals surface area (Å²) < 4.78 is 11.3. The van der Waals surface area contributed by atoms with E-state index in [9.17, 15) is 24.6 Å². The molecule has 2 amide bonds. The van der Waals surface area contributed by atoms with Crippen LogP contribution in [0.4, 0.5) is 0 Å². The van der Waals surface area contributed by atoms with E-state index in [1.807, 2.05) is 42.5 Å². The van der Waals surface area contributed by atoms with Gasteiger partial charge in [-0.3, -0.25) is 28.9 Å². The number of likely N-dealkylation sites (tertiary alicyclic amines) is 1. The lowest BCUT2D eigenvalue weighted by atomic mass is 9.44. The number of hydrogen-bond acceptors (Lipinski definition) is 8. The van der Waals surface area contributed by atoms with Gasteiger partial charge in [0.1, 0.15) is 17.2 Å². The molecule has 4 aliphatic rings. The first-order valence-electron chi connectivity index (χ1n) is 16.8. The SMILES string of the molecule is COc1cc(O)c([C@H]2C3=CC[C@@H]4C(=O)N(CCCC(=O)O)C(=O)[C@@H]4[C@@H]3C[C@H]3C(=O)C(c4ccccc4)=CC(=O)[C@@]23c2ccccc2)c(OC)c1. The molecule has 1 heterocycles. The molecule has 256 valence electrons. The number of phenolic OH excluding ortho intramolecular Hbond substituents is 1. The van der Waals surface area contributed by atoms with E-state index in [2.05, 4.69) is 0 Å². The molecule has 3 aromatic carbocycles. The van der Waals surface area contributed by atoms with Crippen LogP contribution in [0, 0.1) is 23.7 Å². The molecule has 0 bridgehead atoms. The smallest absolute Gasteiger partial charge is 0.303 e. The van der Waals surface area contributed by atoms with Crippen molar-refractivity contribution in [3.05, 3.63) is 107 Å². The number of benzene rings is 3. The number of hydrogen-bond donors (Lipinski definition) is 2. The van der Waals surface area contributed by atoms with Crippen molar-refractivity contribution in [2.24, 2.45) is 23.7 Å². The molecule has 7 rings (SSSR count). The van der Waals surface area contributed by atoms with Crippen molar-refractivity contribution in [1.29, 1.82) is 0 Å². The maximum absolute atomic E-state index is 15.2. The van der Waals surface area contributed by atoms with Gasteiger partial charge in [0.05, 0.1) is 31.5 Å². The fourth-order valence-corrected chi connectivity index (χ4v) is 9.03. The van der Waals surface area contributed by atoms with E-state index in [1.54, 1.807) is 30.3 Å². The van der Waals surface area contributed by atoms with Crippen molar-refractivity contribution in [3.8, 4) is 17.2 Å². The Labute approximate surface area is 289 Å². The molecular formula is C40H37NO9. The van der Waals surface area contributed by atoms with E-state index >= 15 is 9.59 Å². The number of ketones is 2. The number of carbonyl (C=O) groups is 5. The zero-order valence-electron chi connectivity index (χ0n) is 27.7. The van der Waals surface area contributed by atoms with Crippen LogP contribution in [-0.4, -0.2) is 65.2 Å². The van der Waals surface area contributed by atoms with Crippen molar-refractivity contribution in [2.75, 3.05) is 20.8 Å². The van der Waals surface area contributed by atoms with Crippen LogP contribution in [0.5, 0.6) is 17.2 Å². The third-order valence-corrected chi connectivity index (χ3v) is 11.1. The predicted octanol–water partition coefficient (Wildman–Crippen LogP) is 5.10. The summed E-state index contributed by atoms with van der Waals surface area (Å²) in [4.78, 5) is 70.5. The van der Waals surface area contributed by atoms with Gasteiger partial charge in [0.25, 0.3) is 0 Å². The molecule has 1 saturated heterocycles. The lowest BCUT2D eigenvalue weighted by Crippen LogP contribution is -2.58. The van der Waals surface area contributed by atoms with E-state index < -0.39 is 46.9 Å². The number of amides is 2. The average Bonchev–Trinajstić information content (AvgIpc) is 3.37. The van der Waals surface area contributed by atoms with Gasteiger partial charge in [0.15, 0.2) is 11.6 Å². The first-order valence-corrected chi connectivity index (χ1v) is 16.8. The molecule has 50 heavy (non-hydrogen) atoms. The topological polar surface area (TPSA) is 148 Å². The van der Waals surface area contributed by atoms with Gasteiger partial charge in [0.2, 0.25) is 11.8 Å². The largest absolute Gasteiger partial charge is 0.507 e. The summed E-state index contributed by atoms with van der Waals surface area (Å²) >= 11 is 0. The number of carbonyl (C=O) groups excluding carboxylic acids is 4. The second-order valence-electron chi connectivity index (χ2n) is 13.4. The highest BCUT2D eigenvalue weighted by molar-refractivity contribution is 6.31. The van der Waals surface area contributed by atoms with E-state index in [0.717, 1.165) is 4.90 Å². The number of fused-ring (bicyclic) bond motifs is 4. The van der Waals surface area contributed by atoms with Gasteiger partial charge in [-0.05, 0) is 42.4 Å². The fraction of sp³-hybridized carbons (Fsp3) is 0.325. The molecular weight excluding hydrogens is 638 g/mol. The van der Waals surface area contributed by atoms with Gasteiger partial charge in [-0.15, -0.1) is 0 Å². The van der Waals surface area contributed by atoms with Crippen LogP contribution in [0.1, 0.15) is 48.3 Å². The van der Waals surface area contributed by atoms with E-state index in [4.69, 9.17) is 9.47 Å². The Kier molecular flexibility index (Phi) is 8.41. The number of phenols is 1. The Morgan fingerprint density at radius 1 is 0.920 bits per heavy atom. The van der Waals surface area contributed by atoms with Crippen molar-refractivity contribution in [1.82, 2.24) is 4.90 Å². The lowest BCUT2D eigenvalue weighted by molar-refractivity contribution is -0.142. The number of methoxy groups -OCH3 is 2. The van der Waals surface area contributed by atoms with E-state index in [1.165, 1.54) is 26.4 Å². The third kappa shape index (κ3) is 4.96. The Morgan fingerprint density at radius 2 is 1.62 bits per heavy atom. The van der Waals surface area contributed by atoms with Crippen molar-refractivity contribution in [2.45, 2.75) is 37.0 Å². The summed E-state index contributed by atoms with van der Waals surface area (Å²) in [5, 5.41) is 21.0. The molecule has 2 N–H and O–H groups in total. The minimum atomic E-state index is -1.54. The summed E-state index contributed by atoms with van der Waals surface area (Å²) in [6.45, 7) is -0.0226. The maximum atomic E-state index is 15.2. The normalized spacial score (nSPS) is 27.2. The summed E-state index contributed by atoms with van der Waals surface area (Å²) in [5.74, 6) is -6.14. The second kappa shape index (κ2) is 12.7. The Morgan fingerprint density at radius 3 is 2.28 bits per heavy atom. The number of nitrogens with zero attached hydrogens (tertiary/aromatic N) is 1. The first-order chi connectivity index (χ1) is 24.1. The highest BCUT2D eigenvalue weighted by Crippen LogP contribution is 2.65. The van der Waals surface area contributed by atoms with Crippen molar-refractivity contribution < 1.29 is 43.7 Å². The molecule has 0 radical (unpaired) electrons. The highest BCUT2D eigenvalue weighted by atomic mass is 16.5. The molecule has 0 aromatic heterocycles. The summed E-state index contributed by atoms with van der Waals surface area (Å²) in [6, 6.07) is 21.1. The van der Waals surface area contributed by atoms with E-state index in [-0.39, 0.29) is 72.3 Å². The van der Waals surface area contributed by atoms with Crippen LogP contribution in [0.25, 0.3) is 5.57 Å². The molecule has 3 aliphatic carbocycles. The molecule has 10 heteroatoms. The molecule has 3 aromatic rings. The second-order valence-corrected chi connectivity index (χ2v) is 13.4. The zero-order chi connectivity index (χ0) is 35.3. The molecule has 1 saturated carbocycles. The average molecular weight is 676 g/mol. The number of imide groups is 1. The summed E-state index contributed by atoms with van der Waals surface area (Å²) in [7, 11) is 2.91. The minimum Gasteiger partial charge on any atom is -0.507 e. The molecule has 0 spiro atoms. The van der Waals surface area contributed by atoms with Crippen LogP contribution in [0.3, 0.4) is 0 Å².